The van der Waals surface area contributed by atoms with Crippen molar-refractivity contribution in [3.05, 3.63) is 54.7 Å². The number of thioether (sulfide) groups is 1. The third kappa shape index (κ3) is 3.14. The van der Waals surface area contributed by atoms with Crippen molar-refractivity contribution < 1.29 is 4.52 Å². The minimum absolute atomic E-state index is 0.587. The lowest BCUT2D eigenvalue weighted by Gasteiger charge is -2.22. The van der Waals surface area contributed by atoms with Gasteiger partial charge in [0.25, 0.3) is 0 Å². The standard InChI is InChI=1S/C18H18N4OS/c1-13-8-10-22(15-6-2-3-7-16(15)24-13)12-17-20-18(21-23-17)14-5-4-9-19-11-14/h2-7,9,11,13H,8,10,12H2,1H3. The lowest BCUT2D eigenvalue weighted by Crippen LogP contribution is -2.24. The second kappa shape index (κ2) is 6.65. The van der Waals surface area contributed by atoms with Crippen molar-refractivity contribution in [3.63, 3.8) is 0 Å². The Balaban J connectivity index is 1.58. The molecule has 122 valence electrons. The first kappa shape index (κ1) is 15.2. The van der Waals surface area contributed by atoms with Crippen LogP contribution in [0, 0.1) is 0 Å². The summed E-state index contributed by atoms with van der Waals surface area (Å²) in [5.74, 6) is 1.21. The summed E-state index contributed by atoms with van der Waals surface area (Å²) in [7, 11) is 0. The summed E-state index contributed by atoms with van der Waals surface area (Å²) < 4.78 is 5.47. The summed E-state index contributed by atoms with van der Waals surface area (Å²) in [6.45, 7) is 3.88. The van der Waals surface area contributed by atoms with E-state index in [1.165, 1.54) is 10.6 Å². The first-order chi connectivity index (χ1) is 11.8. The molecule has 4 rings (SSSR count). The molecule has 24 heavy (non-hydrogen) atoms. The molecule has 1 aliphatic heterocycles. The van der Waals surface area contributed by atoms with Crippen LogP contribution in [0.5, 0.6) is 0 Å². The van der Waals surface area contributed by atoms with E-state index in [-0.39, 0.29) is 0 Å². The van der Waals surface area contributed by atoms with E-state index >= 15 is 0 Å². The highest BCUT2D eigenvalue weighted by Crippen LogP contribution is 2.37. The van der Waals surface area contributed by atoms with E-state index in [1.807, 2.05) is 23.9 Å². The van der Waals surface area contributed by atoms with Gasteiger partial charge in [-0.3, -0.25) is 4.98 Å². The van der Waals surface area contributed by atoms with Crippen LogP contribution in [0.25, 0.3) is 11.4 Å². The maximum absolute atomic E-state index is 5.47. The van der Waals surface area contributed by atoms with Crippen LogP contribution in [0.15, 0.2) is 58.2 Å². The van der Waals surface area contributed by atoms with Gasteiger partial charge in [-0.1, -0.05) is 24.2 Å². The minimum atomic E-state index is 0.587. The molecule has 1 aliphatic rings. The molecular formula is C18H18N4OS. The molecule has 1 aromatic carbocycles. The number of aromatic nitrogens is 3. The summed E-state index contributed by atoms with van der Waals surface area (Å²) in [6.07, 6.45) is 4.61. The molecule has 0 bridgehead atoms. The zero-order valence-corrected chi connectivity index (χ0v) is 14.2. The lowest BCUT2D eigenvalue weighted by molar-refractivity contribution is 0.376. The van der Waals surface area contributed by atoms with Gasteiger partial charge in [-0.05, 0) is 30.7 Å². The number of para-hydroxylation sites is 1. The van der Waals surface area contributed by atoms with Gasteiger partial charge < -0.3 is 9.42 Å². The molecular weight excluding hydrogens is 320 g/mol. The van der Waals surface area contributed by atoms with E-state index in [4.69, 9.17) is 4.52 Å². The van der Waals surface area contributed by atoms with Crippen LogP contribution in [0.2, 0.25) is 0 Å². The van der Waals surface area contributed by atoms with Crippen molar-refractivity contribution in [3.8, 4) is 11.4 Å². The number of benzene rings is 1. The van der Waals surface area contributed by atoms with Crippen molar-refractivity contribution in [2.24, 2.45) is 0 Å². The summed E-state index contributed by atoms with van der Waals surface area (Å²) in [4.78, 5) is 12.3. The van der Waals surface area contributed by atoms with Crippen LogP contribution < -0.4 is 4.90 Å². The summed E-state index contributed by atoms with van der Waals surface area (Å²) in [5, 5.41) is 4.69. The Kier molecular flexibility index (Phi) is 4.21. The fourth-order valence-corrected chi connectivity index (χ4v) is 3.94. The van der Waals surface area contributed by atoms with Gasteiger partial charge in [0.1, 0.15) is 0 Å². The van der Waals surface area contributed by atoms with E-state index in [9.17, 15) is 0 Å². The van der Waals surface area contributed by atoms with E-state index < -0.39 is 0 Å². The van der Waals surface area contributed by atoms with Gasteiger partial charge in [0.2, 0.25) is 11.7 Å². The lowest BCUT2D eigenvalue weighted by atomic mass is 10.2. The largest absolute Gasteiger partial charge is 0.361 e. The normalized spacial score (nSPS) is 17.4. The Morgan fingerprint density at radius 3 is 3.04 bits per heavy atom. The number of hydrogen-bond acceptors (Lipinski definition) is 6. The molecule has 0 saturated heterocycles. The Labute approximate surface area is 145 Å². The van der Waals surface area contributed by atoms with Crippen molar-refractivity contribution >= 4 is 17.4 Å². The van der Waals surface area contributed by atoms with E-state index in [0.29, 0.717) is 23.5 Å². The molecule has 3 aromatic rings. The highest BCUT2D eigenvalue weighted by molar-refractivity contribution is 8.00. The molecule has 5 nitrogen and oxygen atoms in total. The zero-order valence-electron chi connectivity index (χ0n) is 13.4. The number of fused-ring (bicyclic) bond motifs is 1. The van der Waals surface area contributed by atoms with E-state index in [0.717, 1.165) is 18.5 Å². The Hall–Kier alpha value is -2.34. The molecule has 0 fully saturated rings. The average molecular weight is 338 g/mol. The van der Waals surface area contributed by atoms with Gasteiger partial charge in [-0.2, -0.15) is 4.98 Å². The molecule has 0 N–H and O–H groups in total. The Morgan fingerprint density at radius 2 is 2.17 bits per heavy atom. The van der Waals surface area contributed by atoms with Crippen molar-refractivity contribution in [1.29, 1.82) is 0 Å². The molecule has 1 atom stereocenters. The smallest absolute Gasteiger partial charge is 0.246 e. The highest BCUT2D eigenvalue weighted by atomic mass is 32.2. The summed E-state index contributed by atoms with van der Waals surface area (Å²) >= 11 is 1.93. The van der Waals surface area contributed by atoms with E-state index in [1.54, 1.807) is 12.4 Å². The second-order valence-electron chi connectivity index (χ2n) is 5.86. The summed E-state index contributed by atoms with van der Waals surface area (Å²) in [5.41, 5.74) is 2.11. The van der Waals surface area contributed by atoms with Gasteiger partial charge in [-0.15, -0.1) is 11.8 Å². The number of rotatable bonds is 3. The SMILES string of the molecule is CC1CCN(Cc2nc(-c3cccnc3)no2)c2ccccc2S1. The highest BCUT2D eigenvalue weighted by Gasteiger charge is 2.21. The van der Waals surface area contributed by atoms with Crippen LogP contribution in [-0.4, -0.2) is 26.9 Å². The average Bonchev–Trinajstić information content (AvgIpc) is 3.02. The molecule has 6 heteroatoms. The maximum atomic E-state index is 5.47. The van der Waals surface area contributed by atoms with Gasteiger partial charge >= 0.3 is 0 Å². The first-order valence-electron chi connectivity index (χ1n) is 8.03. The third-order valence-corrected chi connectivity index (χ3v) is 5.29. The quantitative estimate of drug-likeness (QED) is 0.719. The molecule has 0 saturated carbocycles. The molecule has 1 unspecified atom stereocenters. The van der Waals surface area contributed by atoms with Gasteiger partial charge in [0.15, 0.2) is 0 Å². The molecule has 0 spiro atoms. The fourth-order valence-electron chi connectivity index (χ4n) is 2.81. The molecule has 3 heterocycles. The molecule has 0 radical (unpaired) electrons. The van der Waals surface area contributed by atoms with Crippen LogP contribution in [0.4, 0.5) is 5.69 Å². The fraction of sp³-hybridized carbons (Fsp3) is 0.278. The topological polar surface area (TPSA) is 55.1 Å². The number of nitrogens with zero attached hydrogens (tertiary/aromatic N) is 4. The van der Waals surface area contributed by atoms with Crippen LogP contribution in [-0.2, 0) is 6.54 Å². The Bertz CT molecular complexity index is 821. The van der Waals surface area contributed by atoms with Gasteiger partial charge in [0.05, 0.1) is 12.2 Å². The van der Waals surface area contributed by atoms with Gasteiger partial charge in [0, 0.05) is 34.6 Å². The van der Waals surface area contributed by atoms with Crippen molar-refractivity contribution in [2.45, 2.75) is 30.0 Å². The first-order valence-corrected chi connectivity index (χ1v) is 8.91. The second-order valence-corrected chi connectivity index (χ2v) is 7.34. The third-order valence-electron chi connectivity index (χ3n) is 4.05. The van der Waals surface area contributed by atoms with Gasteiger partial charge in [-0.25, -0.2) is 0 Å². The van der Waals surface area contributed by atoms with Crippen LogP contribution in [0.3, 0.4) is 0 Å². The minimum Gasteiger partial charge on any atom is -0.361 e. The zero-order chi connectivity index (χ0) is 16.4. The monoisotopic (exact) mass is 338 g/mol. The predicted octanol–water partition coefficient (Wildman–Crippen LogP) is 4.02. The maximum Gasteiger partial charge on any atom is 0.246 e. The van der Waals surface area contributed by atoms with Crippen molar-refractivity contribution in [2.75, 3.05) is 11.4 Å². The number of anilines is 1. The number of hydrogen-bond donors (Lipinski definition) is 0. The Morgan fingerprint density at radius 1 is 1.25 bits per heavy atom. The molecule has 0 aliphatic carbocycles. The number of pyridine rings is 1. The van der Waals surface area contributed by atoms with Crippen LogP contribution in [0.1, 0.15) is 19.2 Å². The molecule has 0 amide bonds. The van der Waals surface area contributed by atoms with Crippen molar-refractivity contribution in [1.82, 2.24) is 15.1 Å². The molecule has 2 aromatic heterocycles. The van der Waals surface area contributed by atoms with E-state index in [2.05, 4.69) is 51.2 Å². The predicted molar refractivity (Wildman–Crippen MR) is 95.0 cm³/mol. The summed E-state index contributed by atoms with van der Waals surface area (Å²) in [6, 6.07) is 12.3. The van der Waals surface area contributed by atoms with Crippen LogP contribution >= 0.6 is 11.8 Å².